The Hall–Kier alpha value is -2.15. The van der Waals surface area contributed by atoms with Crippen LogP contribution in [-0.2, 0) is 9.53 Å². The molecular formula is C17H24N2O5. The minimum absolute atomic E-state index is 0.00213. The number of nitro groups is 1. The lowest BCUT2D eigenvalue weighted by atomic mass is 9.93. The fourth-order valence-corrected chi connectivity index (χ4v) is 2.63. The number of amides is 1. The van der Waals surface area contributed by atoms with Crippen LogP contribution in [0.25, 0.3) is 0 Å². The maximum absolute atomic E-state index is 12.7. The Morgan fingerprint density at radius 3 is 2.46 bits per heavy atom. The van der Waals surface area contributed by atoms with E-state index in [0.717, 1.165) is 0 Å². The third kappa shape index (κ3) is 3.84. The molecule has 1 amide bonds. The Bertz CT molecular complexity index is 619. The van der Waals surface area contributed by atoms with E-state index in [0.29, 0.717) is 12.4 Å². The van der Waals surface area contributed by atoms with Crippen molar-refractivity contribution in [3.05, 3.63) is 34.4 Å². The van der Waals surface area contributed by atoms with E-state index in [1.807, 2.05) is 34.6 Å². The van der Waals surface area contributed by atoms with E-state index >= 15 is 0 Å². The van der Waals surface area contributed by atoms with Crippen molar-refractivity contribution in [2.24, 2.45) is 5.41 Å². The van der Waals surface area contributed by atoms with E-state index in [9.17, 15) is 14.9 Å². The highest BCUT2D eigenvalue weighted by molar-refractivity contribution is 5.82. The van der Waals surface area contributed by atoms with Crippen molar-refractivity contribution in [2.75, 3.05) is 13.2 Å². The molecule has 0 N–H and O–H groups in total. The number of ether oxygens (including phenoxy) is 2. The summed E-state index contributed by atoms with van der Waals surface area (Å²) in [4.78, 5) is 24.7. The van der Waals surface area contributed by atoms with Crippen molar-refractivity contribution < 1.29 is 19.2 Å². The first-order chi connectivity index (χ1) is 11.0. The van der Waals surface area contributed by atoms with Gasteiger partial charge in [0, 0.05) is 17.5 Å². The molecule has 0 aliphatic carbocycles. The summed E-state index contributed by atoms with van der Waals surface area (Å²) in [6.07, 6.45) is 0. The van der Waals surface area contributed by atoms with Crippen LogP contribution in [0.3, 0.4) is 0 Å². The average Bonchev–Trinajstić information content (AvgIpc) is 2.78. The SMILES string of the molecule is CC(C)(C)C(=O)N1[C@@H](COc2ccc([N+](=O)[O-])cc2)COC1(C)C. The van der Waals surface area contributed by atoms with Crippen LogP contribution in [0.15, 0.2) is 24.3 Å². The molecular weight excluding hydrogens is 312 g/mol. The molecule has 0 bridgehead atoms. The Balaban J connectivity index is 2.08. The topological polar surface area (TPSA) is 81.9 Å². The zero-order valence-corrected chi connectivity index (χ0v) is 14.7. The van der Waals surface area contributed by atoms with Gasteiger partial charge < -0.3 is 14.4 Å². The van der Waals surface area contributed by atoms with Crippen molar-refractivity contribution in [1.82, 2.24) is 4.90 Å². The summed E-state index contributed by atoms with van der Waals surface area (Å²) in [6, 6.07) is 5.68. The number of non-ortho nitro benzene ring substituents is 1. The Morgan fingerprint density at radius 1 is 1.38 bits per heavy atom. The Morgan fingerprint density at radius 2 is 1.96 bits per heavy atom. The second-order valence-corrected chi connectivity index (χ2v) is 7.40. The van der Waals surface area contributed by atoms with Crippen LogP contribution < -0.4 is 4.74 Å². The van der Waals surface area contributed by atoms with Crippen LogP contribution in [0.2, 0.25) is 0 Å². The van der Waals surface area contributed by atoms with Gasteiger partial charge in [0.1, 0.15) is 18.1 Å². The summed E-state index contributed by atoms with van der Waals surface area (Å²) < 4.78 is 11.5. The van der Waals surface area contributed by atoms with E-state index in [-0.39, 0.29) is 24.2 Å². The minimum atomic E-state index is -0.687. The third-order valence-electron chi connectivity index (χ3n) is 3.92. The van der Waals surface area contributed by atoms with E-state index in [1.54, 1.807) is 17.0 Å². The van der Waals surface area contributed by atoms with Gasteiger partial charge in [-0.05, 0) is 26.0 Å². The summed E-state index contributed by atoms with van der Waals surface area (Å²) in [5, 5.41) is 10.7. The highest BCUT2D eigenvalue weighted by Crippen LogP contribution is 2.32. The largest absolute Gasteiger partial charge is 0.491 e. The van der Waals surface area contributed by atoms with Gasteiger partial charge in [-0.1, -0.05) is 20.8 Å². The molecule has 1 aliphatic rings. The summed E-state index contributed by atoms with van der Waals surface area (Å²) in [5.41, 5.74) is -1.19. The van der Waals surface area contributed by atoms with Gasteiger partial charge in [0.25, 0.3) is 5.69 Å². The summed E-state index contributed by atoms with van der Waals surface area (Å²) in [6.45, 7) is 10.0. The fraction of sp³-hybridized carbons (Fsp3) is 0.588. The molecule has 1 saturated heterocycles. The number of nitro benzene ring substituents is 1. The number of benzene rings is 1. The molecule has 7 nitrogen and oxygen atoms in total. The first kappa shape index (κ1) is 18.2. The zero-order chi connectivity index (χ0) is 18.1. The van der Waals surface area contributed by atoms with Crippen molar-refractivity contribution in [1.29, 1.82) is 0 Å². The maximum atomic E-state index is 12.7. The lowest BCUT2D eigenvalue weighted by Gasteiger charge is -2.37. The van der Waals surface area contributed by atoms with Crippen molar-refractivity contribution >= 4 is 11.6 Å². The molecule has 7 heteroatoms. The molecule has 132 valence electrons. The molecule has 1 fully saturated rings. The van der Waals surface area contributed by atoms with Crippen molar-refractivity contribution in [3.8, 4) is 5.75 Å². The minimum Gasteiger partial charge on any atom is -0.491 e. The van der Waals surface area contributed by atoms with E-state index in [1.165, 1.54) is 12.1 Å². The Kier molecular flexibility index (Phi) is 4.85. The molecule has 1 aromatic rings. The maximum Gasteiger partial charge on any atom is 0.269 e. The number of hydrogen-bond acceptors (Lipinski definition) is 5. The van der Waals surface area contributed by atoms with E-state index in [4.69, 9.17) is 9.47 Å². The van der Waals surface area contributed by atoms with Gasteiger partial charge in [0.05, 0.1) is 17.6 Å². The van der Waals surface area contributed by atoms with Crippen LogP contribution in [0, 0.1) is 15.5 Å². The highest BCUT2D eigenvalue weighted by Gasteiger charge is 2.46. The number of carbonyl (C=O) groups is 1. The Labute approximate surface area is 141 Å². The average molecular weight is 336 g/mol. The molecule has 1 atom stereocenters. The summed E-state index contributed by atoms with van der Waals surface area (Å²) in [7, 11) is 0. The number of nitrogens with zero attached hydrogens (tertiary/aromatic N) is 2. The van der Waals surface area contributed by atoms with Crippen molar-refractivity contribution in [3.63, 3.8) is 0 Å². The monoisotopic (exact) mass is 336 g/mol. The van der Waals surface area contributed by atoms with Gasteiger partial charge in [-0.15, -0.1) is 0 Å². The second-order valence-electron chi connectivity index (χ2n) is 7.40. The molecule has 1 aliphatic heterocycles. The molecule has 2 rings (SSSR count). The van der Waals surface area contributed by atoms with Gasteiger partial charge in [-0.3, -0.25) is 14.9 Å². The van der Waals surface area contributed by atoms with Gasteiger partial charge in [-0.25, -0.2) is 0 Å². The third-order valence-corrected chi connectivity index (χ3v) is 3.92. The lowest BCUT2D eigenvalue weighted by molar-refractivity contribution is -0.384. The zero-order valence-electron chi connectivity index (χ0n) is 14.7. The van der Waals surface area contributed by atoms with Crippen molar-refractivity contribution in [2.45, 2.75) is 46.4 Å². The first-order valence-electron chi connectivity index (χ1n) is 7.87. The molecule has 0 spiro atoms. The number of hydrogen-bond donors (Lipinski definition) is 0. The molecule has 24 heavy (non-hydrogen) atoms. The van der Waals surface area contributed by atoms with Crippen LogP contribution in [0.5, 0.6) is 5.75 Å². The van der Waals surface area contributed by atoms with E-state index in [2.05, 4.69) is 0 Å². The lowest BCUT2D eigenvalue weighted by Crippen LogP contribution is -2.53. The van der Waals surface area contributed by atoms with Gasteiger partial charge in [-0.2, -0.15) is 0 Å². The normalized spacial score (nSPS) is 20.0. The fourth-order valence-electron chi connectivity index (χ4n) is 2.63. The van der Waals surface area contributed by atoms with E-state index < -0.39 is 16.1 Å². The first-order valence-corrected chi connectivity index (χ1v) is 7.87. The van der Waals surface area contributed by atoms with Crippen LogP contribution in [0.1, 0.15) is 34.6 Å². The summed E-state index contributed by atoms with van der Waals surface area (Å²) >= 11 is 0. The standard InChI is InChI=1S/C17H24N2O5/c1-16(2,3)15(20)18-13(11-24-17(18,4)5)10-23-14-8-6-12(7-9-14)19(21)22/h6-9,13H,10-11H2,1-5H3/t13-/m0/s1. The van der Waals surface area contributed by atoms with Crippen LogP contribution in [0.4, 0.5) is 5.69 Å². The molecule has 0 unspecified atom stereocenters. The molecule has 0 radical (unpaired) electrons. The predicted molar refractivity (Wildman–Crippen MR) is 88.7 cm³/mol. The van der Waals surface area contributed by atoms with Crippen LogP contribution in [-0.4, -0.2) is 40.7 Å². The van der Waals surface area contributed by atoms with Gasteiger partial charge in [0.2, 0.25) is 5.91 Å². The molecule has 1 aromatic carbocycles. The molecule has 1 heterocycles. The smallest absolute Gasteiger partial charge is 0.269 e. The van der Waals surface area contributed by atoms with Gasteiger partial charge >= 0.3 is 0 Å². The molecule has 0 aromatic heterocycles. The quantitative estimate of drug-likeness (QED) is 0.623. The predicted octanol–water partition coefficient (Wildman–Crippen LogP) is 2.98. The second kappa shape index (κ2) is 6.39. The number of rotatable bonds is 4. The van der Waals surface area contributed by atoms with Crippen LogP contribution >= 0.6 is 0 Å². The molecule has 0 saturated carbocycles. The van der Waals surface area contributed by atoms with Gasteiger partial charge in [0.15, 0.2) is 0 Å². The number of carbonyl (C=O) groups excluding carboxylic acids is 1. The summed E-state index contributed by atoms with van der Waals surface area (Å²) in [5.74, 6) is 0.524. The highest BCUT2D eigenvalue weighted by atomic mass is 16.6.